The molecule has 0 aliphatic heterocycles. The summed E-state index contributed by atoms with van der Waals surface area (Å²) in [4.78, 5) is 9.07. The first-order chi connectivity index (χ1) is 14.1. The zero-order valence-corrected chi connectivity index (χ0v) is 19.0. The van der Waals surface area contributed by atoms with Crippen LogP contribution in [-0.4, -0.2) is 29.3 Å². The molecule has 30 heavy (non-hydrogen) atoms. The Labute approximate surface area is 184 Å². The monoisotopic (exact) mass is 464 g/mol. The van der Waals surface area contributed by atoms with Crippen molar-refractivity contribution in [3.05, 3.63) is 69.3 Å². The van der Waals surface area contributed by atoms with Crippen LogP contribution in [0.1, 0.15) is 36.9 Å². The van der Waals surface area contributed by atoms with Gasteiger partial charge in [-0.25, -0.2) is 13.4 Å². The van der Waals surface area contributed by atoms with E-state index in [0.717, 1.165) is 5.56 Å². The Balaban J connectivity index is 1.84. The highest BCUT2D eigenvalue weighted by Gasteiger charge is 2.19. The minimum Gasteiger partial charge on any atom is -0.411 e. The van der Waals surface area contributed by atoms with Crippen molar-refractivity contribution in [2.24, 2.45) is 5.16 Å². The van der Waals surface area contributed by atoms with Crippen LogP contribution in [-0.2, 0) is 21.9 Å². The van der Waals surface area contributed by atoms with Gasteiger partial charge >= 0.3 is 0 Å². The van der Waals surface area contributed by atoms with Gasteiger partial charge in [0.1, 0.15) is 11.5 Å². The lowest BCUT2D eigenvalue weighted by molar-refractivity contribution is 0.318. The number of hydrogen-bond acceptors (Lipinski definition) is 7. The number of oxime groups is 1. The molecule has 2 aromatic heterocycles. The Morgan fingerprint density at radius 3 is 2.47 bits per heavy atom. The second kappa shape index (κ2) is 8.71. The molecule has 0 atom stereocenters. The minimum atomic E-state index is -3.83. The number of rotatable bonds is 6. The third-order valence-corrected chi connectivity index (χ3v) is 6.90. The van der Waals surface area contributed by atoms with Gasteiger partial charge < -0.3 is 5.21 Å². The standard InChI is InChI=1S/C20H21ClN4O3S2/c1-20(2,3)13-4-6-14(7-5-13)30(27,28)25-19-9-8-15(21)16(23-19)10-17(24-26)18-11-22-12-29-18/h4-9,11-12,26H,10H2,1-3H3,(H,23,25)/b24-17-. The van der Waals surface area contributed by atoms with Crippen LogP contribution in [0.3, 0.4) is 0 Å². The molecule has 0 bridgehead atoms. The van der Waals surface area contributed by atoms with E-state index in [4.69, 9.17) is 11.6 Å². The number of benzene rings is 1. The van der Waals surface area contributed by atoms with Crippen LogP contribution in [0.2, 0.25) is 5.02 Å². The van der Waals surface area contributed by atoms with Gasteiger partial charge in [-0.3, -0.25) is 9.71 Å². The van der Waals surface area contributed by atoms with E-state index in [1.165, 1.54) is 17.4 Å². The summed E-state index contributed by atoms with van der Waals surface area (Å²) in [7, 11) is -3.83. The first-order valence-electron chi connectivity index (χ1n) is 8.99. The van der Waals surface area contributed by atoms with E-state index in [-0.39, 0.29) is 22.5 Å². The lowest BCUT2D eigenvalue weighted by Crippen LogP contribution is -2.16. The molecule has 7 nitrogen and oxygen atoms in total. The highest BCUT2D eigenvalue weighted by Crippen LogP contribution is 2.25. The largest absolute Gasteiger partial charge is 0.411 e. The van der Waals surface area contributed by atoms with E-state index in [1.54, 1.807) is 42.0 Å². The molecule has 3 rings (SSSR count). The number of anilines is 1. The van der Waals surface area contributed by atoms with Gasteiger partial charge in [-0.1, -0.05) is 49.7 Å². The zero-order valence-electron chi connectivity index (χ0n) is 16.6. The van der Waals surface area contributed by atoms with Gasteiger partial charge in [0, 0.05) is 12.6 Å². The topological polar surface area (TPSA) is 105 Å². The Hall–Kier alpha value is -2.49. The molecule has 0 radical (unpaired) electrons. The zero-order chi connectivity index (χ0) is 21.9. The molecule has 2 heterocycles. The second-order valence-corrected chi connectivity index (χ2v) is 10.6. The smallest absolute Gasteiger partial charge is 0.263 e. The summed E-state index contributed by atoms with van der Waals surface area (Å²) in [6, 6.07) is 9.77. The van der Waals surface area contributed by atoms with Gasteiger partial charge in [0.05, 0.1) is 26.0 Å². The van der Waals surface area contributed by atoms with E-state index < -0.39 is 10.0 Å². The molecule has 0 saturated heterocycles. The number of aromatic nitrogens is 2. The highest BCUT2D eigenvalue weighted by atomic mass is 35.5. The number of halogens is 1. The lowest BCUT2D eigenvalue weighted by Gasteiger charge is -2.19. The second-order valence-electron chi connectivity index (χ2n) is 7.59. The molecule has 0 spiro atoms. The van der Waals surface area contributed by atoms with Crippen LogP contribution < -0.4 is 4.72 Å². The average Bonchev–Trinajstić information content (AvgIpc) is 3.22. The van der Waals surface area contributed by atoms with Crippen LogP contribution in [0.5, 0.6) is 0 Å². The quantitative estimate of drug-likeness (QED) is 0.312. The van der Waals surface area contributed by atoms with Crippen molar-refractivity contribution in [1.82, 2.24) is 9.97 Å². The lowest BCUT2D eigenvalue weighted by atomic mass is 9.87. The van der Waals surface area contributed by atoms with Crippen LogP contribution in [0, 0.1) is 0 Å². The first-order valence-corrected chi connectivity index (χ1v) is 11.7. The van der Waals surface area contributed by atoms with Gasteiger partial charge in [-0.15, -0.1) is 11.3 Å². The summed E-state index contributed by atoms with van der Waals surface area (Å²) in [5.74, 6) is 0.121. The van der Waals surface area contributed by atoms with Crippen molar-refractivity contribution in [2.45, 2.75) is 37.5 Å². The number of thiazole rings is 1. The summed E-state index contributed by atoms with van der Waals surface area (Å²) < 4.78 is 28.0. The van der Waals surface area contributed by atoms with Crippen LogP contribution in [0.25, 0.3) is 0 Å². The molecule has 0 amide bonds. The first kappa shape index (κ1) is 22.2. The number of nitrogens with one attached hydrogen (secondary N) is 1. The van der Waals surface area contributed by atoms with E-state index >= 15 is 0 Å². The van der Waals surface area contributed by atoms with E-state index in [1.807, 2.05) is 0 Å². The molecular formula is C20H21ClN4O3S2. The van der Waals surface area contributed by atoms with Gasteiger partial charge in [-0.2, -0.15) is 0 Å². The highest BCUT2D eigenvalue weighted by molar-refractivity contribution is 7.92. The molecule has 1 aromatic carbocycles. The maximum atomic E-state index is 12.8. The Morgan fingerprint density at radius 1 is 1.20 bits per heavy atom. The molecule has 158 valence electrons. The minimum absolute atomic E-state index is 0.0770. The van der Waals surface area contributed by atoms with Gasteiger partial charge in [0.15, 0.2) is 0 Å². The third-order valence-electron chi connectivity index (χ3n) is 4.36. The van der Waals surface area contributed by atoms with Crippen LogP contribution >= 0.6 is 22.9 Å². The summed E-state index contributed by atoms with van der Waals surface area (Å²) in [6.45, 7) is 6.18. The average molecular weight is 465 g/mol. The number of pyridine rings is 1. The molecule has 2 N–H and O–H groups in total. The SMILES string of the molecule is CC(C)(C)c1ccc(S(=O)(=O)Nc2ccc(Cl)c(C/C(=N/O)c3cncs3)n2)cc1. The van der Waals surface area contributed by atoms with E-state index in [0.29, 0.717) is 21.3 Å². The van der Waals surface area contributed by atoms with Crippen molar-refractivity contribution in [1.29, 1.82) is 0 Å². The van der Waals surface area contributed by atoms with Crippen molar-refractivity contribution in [2.75, 3.05) is 4.72 Å². The molecular weight excluding hydrogens is 444 g/mol. The predicted octanol–water partition coefficient (Wildman–Crippen LogP) is 4.71. The Morgan fingerprint density at radius 2 is 1.90 bits per heavy atom. The molecule has 0 aliphatic rings. The molecule has 0 aliphatic carbocycles. The summed E-state index contributed by atoms with van der Waals surface area (Å²) in [5, 5.41) is 12.9. The number of nitrogens with zero attached hydrogens (tertiary/aromatic N) is 3. The van der Waals surface area contributed by atoms with Crippen molar-refractivity contribution in [3.63, 3.8) is 0 Å². The Kier molecular flexibility index (Phi) is 6.44. The van der Waals surface area contributed by atoms with Crippen molar-refractivity contribution < 1.29 is 13.6 Å². The van der Waals surface area contributed by atoms with Crippen molar-refractivity contribution in [3.8, 4) is 0 Å². The van der Waals surface area contributed by atoms with Gasteiger partial charge in [0.2, 0.25) is 0 Å². The predicted molar refractivity (Wildman–Crippen MR) is 119 cm³/mol. The number of hydrogen-bond donors (Lipinski definition) is 2. The molecule has 0 fully saturated rings. The summed E-state index contributed by atoms with van der Waals surface area (Å²) >= 11 is 7.53. The number of sulfonamides is 1. The molecule has 0 unspecified atom stereocenters. The maximum Gasteiger partial charge on any atom is 0.263 e. The molecule has 0 saturated carbocycles. The summed E-state index contributed by atoms with van der Waals surface area (Å²) in [6.07, 6.45) is 1.69. The Bertz CT molecular complexity index is 1150. The van der Waals surface area contributed by atoms with Gasteiger partial charge in [-0.05, 0) is 35.2 Å². The fraction of sp³-hybridized carbons (Fsp3) is 0.250. The fourth-order valence-electron chi connectivity index (χ4n) is 2.68. The van der Waals surface area contributed by atoms with Crippen molar-refractivity contribution >= 4 is 44.5 Å². The maximum absolute atomic E-state index is 12.8. The van der Waals surface area contributed by atoms with Crippen LogP contribution in [0.15, 0.2) is 58.2 Å². The third kappa shape index (κ3) is 5.16. The van der Waals surface area contributed by atoms with Crippen LogP contribution in [0.4, 0.5) is 5.82 Å². The summed E-state index contributed by atoms with van der Waals surface area (Å²) in [5.41, 5.74) is 3.29. The molecule has 3 aromatic rings. The fourth-order valence-corrected chi connectivity index (χ4v) is 4.46. The van der Waals surface area contributed by atoms with E-state index in [9.17, 15) is 13.6 Å². The van der Waals surface area contributed by atoms with Gasteiger partial charge in [0.25, 0.3) is 10.0 Å². The van der Waals surface area contributed by atoms with E-state index in [2.05, 4.69) is 40.6 Å². The normalized spacial score (nSPS) is 12.7. The molecule has 10 heteroatoms.